The number of thioether (sulfide) groups is 1. The number of nitrogens with one attached hydrogen (secondary N) is 2. The third-order valence-corrected chi connectivity index (χ3v) is 4.14. The number of carbonyl (C=O) groups is 2. The molecule has 2 heterocycles. The van der Waals surface area contributed by atoms with Crippen LogP contribution in [0.15, 0.2) is 0 Å². The highest BCUT2D eigenvalue weighted by Gasteiger charge is 2.35. The first-order valence-electron chi connectivity index (χ1n) is 5.62. The van der Waals surface area contributed by atoms with Crippen LogP contribution in [0.1, 0.15) is 6.42 Å². The molecule has 0 bridgehead atoms. The Balaban J connectivity index is 1.79. The molecule has 17 heavy (non-hydrogen) atoms. The Bertz CT molecular complexity index is 307. The van der Waals surface area contributed by atoms with Gasteiger partial charge in [0.15, 0.2) is 0 Å². The van der Waals surface area contributed by atoms with Gasteiger partial charge in [0, 0.05) is 11.8 Å². The number of carbonyl (C=O) groups excluding carboxylic acids is 1. The van der Waals surface area contributed by atoms with Crippen LogP contribution in [0.4, 0.5) is 4.79 Å². The standard InChI is InChI=1S/C10H16N2O4S/c13-9(14)7-3-16-4-8(7)12-10(15)11-6-1-2-17-5-6/h6-8H,1-5H2,(H,13,14)(H2,11,12,15). The van der Waals surface area contributed by atoms with Crippen LogP contribution in [0.3, 0.4) is 0 Å². The van der Waals surface area contributed by atoms with Crippen LogP contribution in [0, 0.1) is 5.92 Å². The molecule has 0 aromatic heterocycles. The summed E-state index contributed by atoms with van der Waals surface area (Å²) in [5.74, 6) is 0.426. The van der Waals surface area contributed by atoms with E-state index in [0.717, 1.165) is 17.9 Å². The summed E-state index contributed by atoms with van der Waals surface area (Å²) in [5, 5.41) is 14.4. The largest absolute Gasteiger partial charge is 0.481 e. The zero-order valence-corrected chi connectivity index (χ0v) is 10.2. The van der Waals surface area contributed by atoms with Crippen molar-refractivity contribution in [1.82, 2.24) is 10.6 Å². The normalized spacial score (nSPS) is 32.4. The van der Waals surface area contributed by atoms with Crippen LogP contribution in [-0.4, -0.2) is 53.9 Å². The Morgan fingerprint density at radius 2 is 2.12 bits per heavy atom. The maximum atomic E-state index is 11.6. The van der Waals surface area contributed by atoms with Crippen molar-refractivity contribution in [3.8, 4) is 0 Å². The van der Waals surface area contributed by atoms with E-state index in [4.69, 9.17) is 9.84 Å². The van der Waals surface area contributed by atoms with Crippen LogP contribution in [0.2, 0.25) is 0 Å². The van der Waals surface area contributed by atoms with Gasteiger partial charge in [0.25, 0.3) is 0 Å². The molecular formula is C10H16N2O4S. The van der Waals surface area contributed by atoms with Gasteiger partial charge in [-0.1, -0.05) is 0 Å². The summed E-state index contributed by atoms with van der Waals surface area (Å²) in [7, 11) is 0. The molecule has 3 atom stereocenters. The van der Waals surface area contributed by atoms with Gasteiger partial charge in [-0.2, -0.15) is 11.8 Å². The van der Waals surface area contributed by atoms with Gasteiger partial charge < -0.3 is 20.5 Å². The molecule has 2 amide bonds. The predicted octanol–water partition coefficient (Wildman–Crippen LogP) is -0.109. The van der Waals surface area contributed by atoms with Gasteiger partial charge in [-0.15, -0.1) is 0 Å². The summed E-state index contributed by atoms with van der Waals surface area (Å²) >= 11 is 1.81. The van der Waals surface area contributed by atoms with Gasteiger partial charge >= 0.3 is 12.0 Å². The number of carboxylic acids is 1. The lowest BCUT2D eigenvalue weighted by Gasteiger charge is -2.18. The van der Waals surface area contributed by atoms with Crippen LogP contribution >= 0.6 is 11.8 Å². The molecule has 3 unspecified atom stereocenters. The fourth-order valence-electron chi connectivity index (χ4n) is 1.98. The lowest BCUT2D eigenvalue weighted by molar-refractivity contribution is -0.142. The molecule has 7 heteroatoms. The quantitative estimate of drug-likeness (QED) is 0.659. The van der Waals surface area contributed by atoms with Crippen LogP contribution in [0.25, 0.3) is 0 Å². The van der Waals surface area contributed by atoms with Crippen LogP contribution < -0.4 is 10.6 Å². The Hall–Kier alpha value is -0.950. The molecule has 0 radical (unpaired) electrons. The monoisotopic (exact) mass is 260 g/mol. The second-order valence-electron chi connectivity index (χ2n) is 4.27. The van der Waals surface area contributed by atoms with E-state index >= 15 is 0 Å². The molecule has 0 saturated carbocycles. The van der Waals surface area contributed by atoms with E-state index in [2.05, 4.69) is 10.6 Å². The van der Waals surface area contributed by atoms with E-state index in [1.54, 1.807) is 0 Å². The Morgan fingerprint density at radius 3 is 2.76 bits per heavy atom. The van der Waals surface area contributed by atoms with E-state index in [9.17, 15) is 9.59 Å². The third-order valence-electron chi connectivity index (χ3n) is 2.98. The van der Waals surface area contributed by atoms with E-state index in [1.165, 1.54) is 0 Å². The molecule has 2 rings (SSSR count). The molecule has 0 aromatic rings. The van der Waals surface area contributed by atoms with E-state index in [1.807, 2.05) is 11.8 Å². The van der Waals surface area contributed by atoms with E-state index in [-0.39, 0.29) is 25.3 Å². The number of hydrogen-bond acceptors (Lipinski definition) is 4. The van der Waals surface area contributed by atoms with E-state index in [0.29, 0.717) is 0 Å². The molecule has 2 saturated heterocycles. The number of urea groups is 1. The van der Waals surface area contributed by atoms with Gasteiger partial charge in [-0.3, -0.25) is 4.79 Å². The van der Waals surface area contributed by atoms with Gasteiger partial charge in [-0.05, 0) is 12.2 Å². The fraction of sp³-hybridized carbons (Fsp3) is 0.800. The summed E-state index contributed by atoms with van der Waals surface area (Å²) in [6.07, 6.45) is 0.974. The summed E-state index contributed by atoms with van der Waals surface area (Å²) in [4.78, 5) is 22.5. The molecule has 96 valence electrons. The summed E-state index contributed by atoms with van der Waals surface area (Å²) < 4.78 is 5.07. The SMILES string of the molecule is O=C(NC1CCSC1)NC1COCC1C(=O)O. The second kappa shape index (κ2) is 5.59. The second-order valence-corrected chi connectivity index (χ2v) is 5.42. The topological polar surface area (TPSA) is 87.7 Å². The molecule has 0 aliphatic carbocycles. The molecule has 2 aliphatic rings. The lowest BCUT2D eigenvalue weighted by atomic mass is 10.0. The highest BCUT2D eigenvalue weighted by atomic mass is 32.2. The predicted molar refractivity (Wildman–Crippen MR) is 63.1 cm³/mol. The Labute approximate surface area is 103 Å². The van der Waals surface area contributed by atoms with Crippen LogP contribution in [-0.2, 0) is 9.53 Å². The van der Waals surface area contributed by atoms with Crippen molar-refractivity contribution in [3.05, 3.63) is 0 Å². The fourth-order valence-corrected chi connectivity index (χ4v) is 3.14. The van der Waals surface area contributed by atoms with Crippen molar-refractivity contribution in [2.24, 2.45) is 5.92 Å². The highest BCUT2D eigenvalue weighted by molar-refractivity contribution is 7.99. The number of hydrogen-bond donors (Lipinski definition) is 3. The molecule has 3 N–H and O–H groups in total. The number of ether oxygens (including phenoxy) is 1. The van der Waals surface area contributed by atoms with Gasteiger partial charge in [0.2, 0.25) is 0 Å². The lowest BCUT2D eigenvalue weighted by Crippen LogP contribution is -2.49. The maximum Gasteiger partial charge on any atom is 0.315 e. The van der Waals surface area contributed by atoms with Crippen molar-refractivity contribution < 1.29 is 19.4 Å². The van der Waals surface area contributed by atoms with Crippen molar-refractivity contribution >= 4 is 23.8 Å². The maximum absolute atomic E-state index is 11.6. The van der Waals surface area contributed by atoms with Gasteiger partial charge in [-0.25, -0.2) is 4.79 Å². The first-order valence-corrected chi connectivity index (χ1v) is 6.77. The van der Waals surface area contributed by atoms with Gasteiger partial charge in [0.05, 0.1) is 19.3 Å². The van der Waals surface area contributed by atoms with Crippen molar-refractivity contribution in [3.63, 3.8) is 0 Å². The van der Waals surface area contributed by atoms with Gasteiger partial charge in [0.1, 0.15) is 5.92 Å². The number of aliphatic carboxylic acids is 1. The summed E-state index contributed by atoms with van der Waals surface area (Å²) in [5.41, 5.74) is 0. The number of carboxylic acid groups (broad SMARTS) is 1. The minimum atomic E-state index is -0.927. The third kappa shape index (κ3) is 3.26. The Morgan fingerprint density at radius 1 is 1.29 bits per heavy atom. The van der Waals surface area contributed by atoms with Crippen molar-refractivity contribution in [2.75, 3.05) is 24.7 Å². The van der Waals surface area contributed by atoms with Crippen LogP contribution in [0.5, 0.6) is 0 Å². The number of amides is 2. The van der Waals surface area contributed by atoms with E-state index < -0.39 is 17.9 Å². The van der Waals surface area contributed by atoms with Crippen molar-refractivity contribution in [2.45, 2.75) is 18.5 Å². The average Bonchev–Trinajstić information content (AvgIpc) is 2.88. The smallest absolute Gasteiger partial charge is 0.315 e. The average molecular weight is 260 g/mol. The number of rotatable bonds is 3. The minimum absolute atomic E-state index is 0.166. The molecular weight excluding hydrogens is 244 g/mol. The zero-order chi connectivity index (χ0) is 12.3. The molecule has 2 fully saturated rings. The first-order chi connectivity index (χ1) is 8.16. The molecule has 0 spiro atoms. The first kappa shape index (κ1) is 12.5. The van der Waals surface area contributed by atoms with Crippen molar-refractivity contribution in [1.29, 1.82) is 0 Å². The summed E-state index contributed by atoms with van der Waals surface area (Å²) in [6, 6.07) is -0.522. The Kier molecular flexibility index (Phi) is 4.11. The highest BCUT2D eigenvalue weighted by Crippen LogP contribution is 2.17. The minimum Gasteiger partial charge on any atom is -0.481 e. The zero-order valence-electron chi connectivity index (χ0n) is 9.35. The molecule has 0 aromatic carbocycles. The molecule has 2 aliphatic heterocycles. The molecule has 6 nitrogen and oxygen atoms in total. The summed E-state index contributed by atoms with van der Waals surface area (Å²) in [6.45, 7) is 0.434.